The van der Waals surface area contributed by atoms with Gasteiger partial charge in [0.2, 0.25) is 0 Å². The van der Waals surface area contributed by atoms with Gasteiger partial charge in [0.05, 0.1) is 11.5 Å². The fraction of sp³-hybridized carbons (Fsp3) is 0.500. The number of aryl methyl sites for hydroxylation is 1. The number of nitro groups is 1. The number of nitro benzene ring substituents is 1. The summed E-state index contributed by atoms with van der Waals surface area (Å²) in [6, 6.07) is 4.50. The highest BCUT2D eigenvalue weighted by molar-refractivity contribution is 5.55. The van der Waals surface area contributed by atoms with E-state index in [-0.39, 0.29) is 12.3 Å². The summed E-state index contributed by atoms with van der Waals surface area (Å²) in [5, 5.41) is 42.3. The van der Waals surface area contributed by atoms with Gasteiger partial charge in [-0.25, -0.2) is 0 Å². The van der Waals surface area contributed by atoms with Gasteiger partial charge in [0.15, 0.2) is 6.23 Å². The summed E-state index contributed by atoms with van der Waals surface area (Å²) in [6.07, 6.45) is -4.77. The molecule has 1 aliphatic rings. The van der Waals surface area contributed by atoms with E-state index in [2.05, 4.69) is 5.32 Å². The number of anilines is 1. The van der Waals surface area contributed by atoms with Gasteiger partial charge in [-0.2, -0.15) is 0 Å². The number of nitrogens with one attached hydrogen (secondary N) is 1. The topological polar surface area (TPSA) is 125 Å². The van der Waals surface area contributed by atoms with E-state index in [1.165, 1.54) is 6.07 Å². The van der Waals surface area contributed by atoms with Crippen molar-refractivity contribution in [2.45, 2.75) is 31.5 Å². The molecule has 0 bridgehead atoms. The molecule has 0 saturated carbocycles. The second-order valence-corrected chi connectivity index (χ2v) is 4.71. The number of hydrogen-bond donors (Lipinski definition) is 4. The summed E-state index contributed by atoms with van der Waals surface area (Å²) in [4.78, 5) is 10.3. The van der Waals surface area contributed by atoms with Gasteiger partial charge in [-0.05, 0) is 13.0 Å². The predicted octanol–water partition coefficient (Wildman–Crippen LogP) is -0.246. The van der Waals surface area contributed by atoms with Crippen LogP contribution in [0.2, 0.25) is 0 Å². The van der Waals surface area contributed by atoms with Gasteiger partial charge in [-0.3, -0.25) is 10.1 Å². The predicted molar refractivity (Wildman–Crippen MR) is 69.2 cm³/mol. The number of hydrogen-bond acceptors (Lipinski definition) is 7. The zero-order valence-corrected chi connectivity index (χ0v) is 10.8. The Bertz CT molecular complexity index is 509. The van der Waals surface area contributed by atoms with E-state index in [1.807, 2.05) is 0 Å². The second kappa shape index (κ2) is 5.71. The Balaban J connectivity index is 2.14. The van der Waals surface area contributed by atoms with Crippen LogP contribution in [0.25, 0.3) is 0 Å². The van der Waals surface area contributed by atoms with E-state index in [1.54, 1.807) is 19.1 Å². The van der Waals surface area contributed by atoms with Crippen molar-refractivity contribution in [3.05, 3.63) is 33.9 Å². The minimum Gasteiger partial charge on any atom is -0.388 e. The first-order chi connectivity index (χ1) is 9.40. The first kappa shape index (κ1) is 14.7. The Hall–Kier alpha value is -1.74. The Labute approximate surface area is 114 Å². The van der Waals surface area contributed by atoms with Crippen molar-refractivity contribution in [1.82, 2.24) is 0 Å². The lowest BCUT2D eigenvalue weighted by atomic mass is 10.0. The molecule has 20 heavy (non-hydrogen) atoms. The third-order valence-corrected chi connectivity index (χ3v) is 3.22. The van der Waals surface area contributed by atoms with Crippen LogP contribution < -0.4 is 5.32 Å². The molecule has 4 unspecified atom stereocenters. The van der Waals surface area contributed by atoms with E-state index in [4.69, 9.17) is 4.74 Å². The largest absolute Gasteiger partial charge is 0.388 e. The highest BCUT2D eigenvalue weighted by Crippen LogP contribution is 2.24. The average molecular weight is 284 g/mol. The third kappa shape index (κ3) is 2.88. The van der Waals surface area contributed by atoms with Crippen molar-refractivity contribution >= 4 is 11.4 Å². The van der Waals surface area contributed by atoms with Gasteiger partial charge in [0.25, 0.3) is 5.69 Å². The fourth-order valence-electron chi connectivity index (χ4n) is 1.99. The van der Waals surface area contributed by atoms with Gasteiger partial charge in [0.1, 0.15) is 18.3 Å². The first-order valence-corrected chi connectivity index (χ1v) is 6.07. The van der Waals surface area contributed by atoms with Crippen molar-refractivity contribution in [2.24, 2.45) is 0 Å². The van der Waals surface area contributed by atoms with Crippen molar-refractivity contribution in [2.75, 3.05) is 11.9 Å². The van der Waals surface area contributed by atoms with Crippen molar-refractivity contribution in [1.29, 1.82) is 0 Å². The molecule has 2 rings (SSSR count). The number of nitrogens with zero attached hydrogens (tertiary/aromatic N) is 1. The lowest BCUT2D eigenvalue weighted by Gasteiger charge is -2.35. The number of ether oxygens (including phenoxy) is 1. The molecule has 0 aromatic heterocycles. The average Bonchev–Trinajstić information content (AvgIpc) is 2.41. The molecular weight excluding hydrogens is 268 g/mol. The summed E-state index contributed by atoms with van der Waals surface area (Å²) >= 11 is 0. The third-order valence-electron chi connectivity index (χ3n) is 3.22. The van der Waals surface area contributed by atoms with Crippen LogP contribution in [-0.4, -0.2) is 51.4 Å². The maximum absolute atomic E-state index is 10.8. The quantitative estimate of drug-likeness (QED) is 0.445. The van der Waals surface area contributed by atoms with Crippen LogP contribution >= 0.6 is 0 Å². The smallest absolute Gasteiger partial charge is 0.274 e. The standard InChI is InChI=1S/C12H16N2O6/c1-6-2-3-7(4-8(6)14(18)19)13-12-11(17)10(16)9(15)5-20-12/h2-4,9-13,15-17H,5H2,1H3. The maximum Gasteiger partial charge on any atom is 0.274 e. The fourth-order valence-corrected chi connectivity index (χ4v) is 1.99. The lowest BCUT2D eigenvalue weighted by molar-refractivity contribution is -0.385. The molecule has 1 aliphatic heterocycles. The summed E-state index contributed by atoms with van der Waals surface area (Å²) in [6.45, 7) is 1.48. The molecule has 1 aromatic carbocycles. The van der Waals surface area contributed by atoms with E-state index < -0.39 is 29.5 Å². The molecule has 0 radical (unpaired) electrons. The van der Waals surface area contributed by atoms with E-state index in [0.717, 1.165) is 0 Å². The highest BCUT2D eigenvalue weighted by Gasteiger charge is 2.37. The summed E-state index contributed by atoms with van der Waals surface area (Å²) < 4.78 is 5.17. The summed E-state index contributed by atoms with van der Waals surface area (Å²) in [7, 11) is 0. The van der Waals surface area contributed by atoms with Crippen LogP contribution in [0.5, 0.6) is 0 Å². The highest BCUT2D eigenvalue weighted by atomic mass is 16.6. The molecule has 4 N–H and O–H groups in total. The maximum atomic E-state index is 10.8. The van der Waals surface area contributed by atoms with Gasteiger partial charge in [-0.15, -0.1) is 0 Å². The summed E-state index contributed by atoms with van der Waals surface area (Å²) in [5.41, 5.74) is 0.844. The van der Waals surface area contributed by atoms with Crippen molar-refractivity contribution in [3.8, 4) is 0 Å². The van der Waals surface area contributed by atoms with Gasteiger partial charge in [-0.1, -0.05) is 6.07 Å². The first-order valence-electron chi connectivity index (χ1n) is 6.07. The Morgan fingerprint density at radius 2 is 2.05 bits per heavy atom. The minimum absolute atomic E-state index is 0.0547. The van der Waals surface area contributed by atoms with Gasteiger partial charge in [0, 0.05) is 17.3 Å². The van der Waals surface area contributed by atoms with Crippen LogP contribution in [-0.2, 0) is 4.74 Å². The van der Waals surface area contributed by atoms with E-state index in [0.29, 0.717) is 11.3 Å². The van der Waals surface area contributed by atoms with Crippen LogP contribution in [0.3, 0.4) is 0 Å². The monoisotopic (exact) mass is 284 g/mol. The number of rotatable bonds is 3. The van der Waals surface area contributed by atoms with Crippen molar-refractivity contribution < 1.29 is 25.0 Å². The molecule has 8 nitrogen and oxygen atoms in total. The molecule has 1 fully saturated rings. The molecule has 1 heterocycles. The van der Waals surface area contributed by atoms with Crippen LogP contribution in [0.1, 0.15) is 5.56 Å². The SMILES string of the molecule is Cc1ccc(NC2OCC(O)C(O)C2O)cc1[N+](=O)[O-]. The zero-order valence-electron chi connectivity index (χ0n) is 10.8. The number of aliphatic hydroxyl groups is 3. The van der Waals surface area contributed by atoms with E-state index >= 15 is 0 Å². The summed E-state index contributed by atoms with van der Waals surface area (Å²) in [5.74, 6) is 0. The molecule has 0 spiro atoms. The molecule has 0 amide bonds. The van der Waals surface area contributed by atoms with Gasteiger partial charge < -0.3 is 25.4 Å². The number of aliphatic hydroxyl groups excluding tert-OH is 3. The minimum atomic E-state index is -1.33. The Kier molecular flexibility index (Phi) is 4.19. The molecule has 0 aliphatic carbocycles. The van der Waals surface area contributed by atoms with E-state index in [9.17, 15) is 25.4 Å². The normalized spacial score (nSPS) is 30.0. The van der Waals surface area contributed by atoms with Crippen LogP contribution in [0.15, 0.2) is 18.2 Å². The van der Waals surface area contributed by atoms with Crippen molar-refractivity contribution in [3.63, 3.8) is 0 Å². The molecule has 8 heteroatoms. The molecule has 1 saturated heterocycles. The number of benzene rings is 1. The molecular formula is C12H16N2O6. The van der Waals surface area contributed by atoms with Crippen LogP contribution in [0, 0.1) is 17.0 Å². The second-order valence-electron chi connectivity index (χ2n) is 4.71. The van der Waals surface area contributed by atoms with Gasteiger partial charge >= 0.3 is 0 Å². The molecule has 1 aromatic rings. The van der Waals surface area contributed by atoms with Crippen LogP contribution in [0.4, 0.5) is 11.4 Å². The molecule has 4 atom stereocenters. The lowest BCUT2D eigenvalue weighted by Crippen LogP contribution is -2.55. The Morgan fingerprint density at radius 3 is 2.70 bits per heavy atom. The zero-order chi connectivity index (χ0) is 14.9. The Morgan fingerprint density at radius 1 is 1.35 bits per heavy atom. The molecule has 110 valence electrons.